The van der Waals surface area contributed by atoms with Gasteiger partial charge in [0.25, 0.3) is 0 Å². The second-order valence-corrected chi connectivity index (χ2v) is 4.18. The molecule has 0 aliphatic heterocycles. The van der Waals surface area contributed by atoms with Crippen LogP contribution in [0.1, 0.15) is 43.6 Å². The van der Waals surface area contributed by atoms with E-state index < -0.39 is 0 Å². The lowest BCUT2D eigenvalue weighted by Crippen LogP contribution is -2.14. The topological polar surface area (TPSA) is 43.8 Å². The van der Waals surface area contributed by atoms with E-state index in [4.69, 9.17) is 5.73 Å². The minimum atomic E-state index is 0.509. The van der Waals surface area contributed by atoms with Crippen LogP contribution >= 0.6 is 0 Å². The molecule has 1 atom stereocenters. The minimum Gasteiger partial charge on any atom is -0.331 e. The molecule has 78 valence electrons. The van der Waals surface area contributed by atoms with E-state index in [1.807, 2.05) is 6.33 Å². The molecular weight excluding hydrogens is 174 g/mol. The van der Waals surface area contributed by atoms with Crippen molar-refractivity contribution in [2.75, 3.05) is 6.54 Å². The molecule has 0 fully saturated rings. The zero-order valence-corrected chi connectivity index (χ0v) is 8.87. The summed E-state index contributed by atoms with van der Waals surface area (Å²) in [6, 6.07) is 0.509. The third kappa shape index (κ3) is 1.69. The molecular formula is C11H19N3. The predicted molar refractivity (Wildman–Crippen MR) is 57.3 cm³/mol. The summed E-state index contributed by atoms with van der Waals surface area (Å²) < 4.78 is 2.32. The van der Waals surface area contributed by atoms with Gasteiger partial charge in [0.15, 0.2) is 0 Å². The first-order valence-electron chi connectivity index (χ1n) is 5.57. The van der Waals surface area contributed by atoms with Crippen molar-refractivity contribution in [2.45, 2.75) is 45.1 Å². The standard InChI is InChI=1S/C11H19N3/c1-9(6-7-12)14-8-13-10-4-2-3-5-11(10)14/h8-9H,2-7,12H2,1H3. The Balaban J connectivity index is 2.21. The molecule has 1 heterocycles. The van der Waals surface area contributed by atoms with Gasteiger partial charge in [0, 0.05) is 11.7 Å². The average molecular weight is 193 g/mol. The molecule has 3 nitrogen and oxygen atoms in total. The molecule has 1 aliphatic rings. The largest absolute Gasteiger partial charge is 0.331 e. The van der Waals surface area contributed by atoms with E-state index in [0.29, 0.717) is 6.04 Å². The van der Waals surface area contributed by atoms with E-state index >= 15 is 0 Å². The zero-order valence-electron chi connectivity index (χ0n) is 8.87. The molecule has 0 spiro atoms. The summed E-state index contributed by atoms with van der Waals surface area (Å²) >= 11 is 0. The molecule has 1 aliphatic carbocycles. The van der Waals surface area contributed by atoms with Gasteiger partial charge in [0.2, 0.25) is 0 Å². The fourth-order valence-electron chi connectivity index (χ4n) is 2.25. The van der Waals surface area contributed by atoms with Crippen LogP contribution in [-0.4, -0.2) is 16.1 Å². The molecule has 3 heteroatoms. The van der Waals surface area contributed by atoms with Crippen molar-refractivity contribution in [3.05, 3.63) is 17.7 Å². The summed E-state index contributed by atoms with van der Waals surface area (Å²) in [4.78, 5) is 4.48. The fraction of sp³-hybridized carbons (Fsp3) is 0.727. The molecule has 1 aromatic heterocycles. The van der Waals surface area contributed by atoms with E-state index in [-0.39, 0.29) is 0 Å². The normalized spacial score (nSPS) is 17.9. The van der Waals surface area contributed by atoms with Gasteiger partial charge in [-0.25, -0.2) is 4.98 Å². The van der Waals surface area contributed by atoms with Gasteiger partial charge in [-0.2, -0.15) is 0 Å². The Kier molecular flexibility index (Phi) is 2.87. The van der Waals surface area contributed by atoms with Gasteiger partial charge in [0.05, 0.1) is 12.0 Å². The summed E-state index contributed by atoms with van der Waals surface area (Å²) in [5.74, 6) is 0. The van der Waals surface area contributed by atoms with Crippen molar-refractivity contribution in [3.63, 3.8) is 0 Å². The van der Waals surface area contributed by atoms with Gasteiger partial charge in [-0.3, -0.25) is 0 Å². The Bertz CT molecular complexity index is 303. The van der Waals surface area contributed by atoms with Crippen LogP contribution in [-0.2, 0) is 12.8 Å². The number of hydrogen-bond donors (Lipinski definition) is 1. The van der Waals surface area contributed by atoms with Crippen molar-refractivity contribution < 1.29 is 0 Å². The second kappa shape index (κ2) is 4.13. The van der Waals surface area contributed by atoms with Crippen LogP contribution in [0.15, 0.2) is 6.33 Å². The fourth-order valence-corrected chi connectivity index (χ4v) is 2.25. The van der Waals surface area contributed by atoms with E-state index in [1.165, 1.54) is 30.7 Å². The lowest BCUT2D eigenvalue weighted by atomic mass is 10.0. The van der Waals surface area contributed by atoms with Crippen LogP contribution in [0.4, 0.5) is 0 Å². The molecule has 0 radical (unpaired) electrons. The van der Waals surface area contributed by atoms with E-state index in [1.54, 1.807) is 0 Å². The summed E-state index contributed by atoms with van der Waals surface area (Å²) in [7, 11) is 0. The summed E-state index contributed by atoms with van der Waals surface area (Å²) in [5.41, 5.74) is 8.35. The first-order valence-corrected chi connectivity index (χ1v) is 5.57. The predicted octanol–water partition coefficient (Wildman–Crippen LogP) is 1.67. The number of aryl methyl sites for hydroxylation is 1. The molecule has 14 heavy (non-hydrogen) atoms. The third-order valence-electron chi connectivity index (χ3n) is 3.12. The molecule has 0 aromatic carbocycles. The monoisotopic (exact) mass is 193 g/mol. The first kappa shape index (κ1) is 9.71. The maximum atomic E-state index is 5.58. The highest BCUT2D eigenvalue weighted by Crippen LogP contribution is 2.23. The molecule has 0 bridgehead atoms. The Morgan fingerprint density at radius 2 is 2.29 bits per heavy atom. The lowest BCUT2D eigenvalue weighted by Gasteiger charge is -2.18. The van der Waals surface area contributed by atoms with Gasteiger partial charge in [-0.05, 0) is 45.6 Å². The number of fused-ring (bicyclic) bond motifs is 1. The summed E-state index contributed by atoms with van der Waals surface area (Å²) in [6.45, 7) is 2.98. The van der Waals surface area contributed by atoms with Crippen LogP contribution in [0.25, 0.3) is 0 Å². The second-order valence-electron chi connectivity index (χ2n) is 4.18. The van der Waals surface area contributed by atoms with Crippen LogP contribution < -0.4 is 5.73 Å². The molecule has 1 unspecified atom stereocenters. The molecule has 0 saturated heterocycles. The first-order chi connectivity index (χ1) is 6.83. The Hall–Kier alpha value is -0.830. The third-order valence-corrected chi connectivity index (χ3v) is 3.12. The number of imidazole rings is 1. The number of aromatic nitrogens is 2. The van der Waals surface area contributed by atoms with Crippen molar-refractivity contribution in [2.24, 2.45) is 5.73 Å². The highest BCUT2D eigenvalue weighted by atomic mass is 15.1. The van der Waals surface area contributed by atoms with Crippen molar-refractivity contribution >= 4 is 0 Å². The number of rotatable bonds is 3. The van der Waals surface area contributed by atoms with Gasteiger partial charge in [-0.15, -0.1) is 0 Å². The van der Waals surface area contributed by atoms with E-state index in [2.05, 4.69) is 16.5 Å². The van der Waals surface area contributed by atoms with E-state index in [0.717, 1.165) is 19.4 Å². The zero-order chi connectivity index (χ0) is 9.97. The Morgan fingerprint density at radius 3 is 3.07 bits per heavy atom. The van der Waals surface area contributed by atoms with Crippen molar-refractivity contribution in [1.82, 2.24) is 9.55 Å². The van der Waals surface area contributed by atoms with Crippen LogP contribution in [0.2, 0.25) is 0 Å². The van der Waals surface area contributed by atoms with Gasteiger partial charge in [-0.1, -0.05) is 0 Å². The van der Waals surface area contributed by atoms with Crippen LogP contribution in [0.5, 0.6) is 0 Å². The van der Waals surface area contributed by atoms with E-state index in [9.17, 15) is 0 Å². The molecule has 2 N–H and O–H groups in total. The maximum Gasteiger partial charge on any atom is 0.0954 e. The molecule has 0 amide bonds. The Labute approximate surface area is 85.3 Å². The summed E-state index contributed by atoms with van der Waals surface area (Å²) in [6.07, 6.45) is 8.02. The number of nitrogens with zero attached hydrogens (tertiary/aromatic N) is 2. The summed E-state index contributed by atoms with van der Waals surface area (Å²) in [5, 5.41) is 0. The van der Waals surface area contributed by atoms with Gasteiger partial charge >= 0.3 is 0 Å². The Morgan fingerprint density at radius 1 is 1.50 bits per heavy atom. The molecule has 1 aromatic rings. The highest BCUT2D eigenvalue weighted by molar-refractivity contribution is 5.17. The maximum absolute atomic E-state index is 5.58. The van der Waals surface area contributed by atoms with Crippen molar-refractivity contribution in [1.29, 1.82) is 0 Å². The minimum absolute atomic E-state index is 0.509. The van der Waals surface area contributed by atoms with Gasteiger partial charge in [0.1, 0.15) is 0 Å². The molecule has 2 rings (SSSR count). The van der Waals surface area contributed by atoms with Gasteiger partial charge < -0.3 is 10.3 Å². The SMILES string of the molecule is CC(CCN)n1cnc2c1CCCC2. The average Bonchev–Trinajstić information content (AvgIpc) is 2.61. The number of hydrogen-bond acceptors (Lipinski definition) is 2. The van der Waals surface area contributed by atoms with Crippen molar-refractivity contribution in [3.8, 4) is 0 Å². The molecule has 0 saturated carbocycles. The quantitative estimate of drug-likeness (QED) is 0.793. The lowest BCUT2D eigenvalue weighted by molar-refractivity contribution is 0.486. The van der Waals surface area contributed by atoms with Crippen LogP contribution in [0.3, 0.4) is 0 Å². The smallest absolute Gasteiger partial charge is 0.0954 e. The highest BCUT2D eigenvalue weighted by Gasteiger charge is 2.17. The number of nitrogens with two attached hydrogens (primary N) is 1. The van der Waals surface area contributed by atoms with Crippen LogP contribution in [0, 0.1) is 0 Å².